The van der Waals surface area contributed by atoms with E-state index in [-0.39, 0.29) is 11.4 Å². The summed E-state index contributed by atoms with van der Waals surface area (Å²) in [4.78, 5) is 10.3. The summed E-state index contributed by atoms with van der Waals surface area (Å²) in [6.07, 6.45) is 4.31. The van der Waals surface area contributed by atoms with E-state index in [9.17, 15) is 10.1 Å². The zero-order chi connectivity index (χ0) is 11.3. The molecule has 0 aliphatic carbocycles. The van der Waals surface area contributed by atoms with Crippen LogP contribution >= 0.6 is 12.6 Å². The first-order valence-electron chi connectivity index (χ1n) is 4.47. The van der Waals surface area contributed by atoms with E-state index in [1.54, 1.807) is 18.2 Å². The van der Waals surface area contributed by atoms with Crippen molar-refractivity contribution >= 4 is 30.1 Å². The van der Waals surface area contributed by atoms with Crippen molar-refractivity contribution in [2.45, 2.75) is 6.42 Å². The normalized spacial score (nSPS) is 10.7. The van der Waals surface area contributed by atoms with E-state index < -0.39 is 4.92 Å². The highest BCUT2D eigenvalue weighted by atomic mass is 32.1. The van der Waals surface area contributed by atoms with Crippen molar-refractivity contribution < 1.29 is 4.92 Å². The number of hydrogen-bond donors (Lipinski definition) is 2. The predicted octanol–water partition coefficient (Wildman–Crippen LogP) is 2.51. The number of para-hydroxylation sites is 1. The fraction of sp³-hybridized carbons (Fsp3) is 0.200. The van der Waals surface area contributed by atoms with Gasteiger partial charge < -0.3 is 5.73 Å². The Balaban J connectivity index is 3.06. The van der Waals surface area contributed by atoms with Gasteiger partial charge in [-0.3, -0.25) is 10.1 Å². The average Bonchev–Trinajstić information content (AvgIpc) is 2.17. The minimum absolute atomic E-state index is 0.0343. The van der Waals surface area contributed by atoms with Crippen molar-refractivity contribution in [2.75, 3.05) is 11.5 Å². The van der Waals surface area contributed by atoms with Crippen LogP contribution < -0.4 is 5.73 Å². The van der Waals surface area contributed by atoms with Gasteiger partial charge in [0.05, 0.1) is 10.5 Å². The van der Waals surface area contributed by atoms with Crippen molar-refractivity contribution in [3.63, 3.8) is 0 Å². The summed E-state index contributed by atoms with van der Waals surface area (Å²) in [6, 6.07) is 4.89. The second-order valence-corrected chi connectivity index (χ2v) is 3.40. The Kier molecular flexibility index (Phi) is 4.17. The smallest absolute Gasteiger partial charge is 0.299 e. The highest BCUT2D eigenvalue weighted by molar-refractivity contribution is 7.80. The van der Waals surface area contributed by atoms with Gasteiger partial charge >= 0.3 is 0 Å². The Morgan fingerprint density at radius 1 is 1.53 bits per heavy atom. The Hall–Kier alpha value is -1.49. The Morgan fingerprint density at radius 3 is 2.87 bits per heavy atom. The van der Waals surface area contributed by atoms with Gasteiger partial charge in [0, 0.05) is 0 Å². The molecule has 0 saturated heterocycles. The molecule has 1 rings (SSSR count). The summed E-state index contributed by atoms with van der Waals surface area (Å²) in [7, 11) is 0. The van der Waals surface area contributed by atoms with E-state index in [1.807, 2.05) is 6.08 Å². The van der Waals surface area contributed by atoms with Gasteiger partial charge in [-0.25, -0.2) is 0 Å². The lowest BCUT2D eigenvalue weighted by atomic mass is 10.1. The van der Waals surface area contributed by atoms with Crippen molar-refractivity contribution in [1.29, 1.82) is 0 Å². The van der Waals surface area contributed by atoms with Crippen LogP contribution in [-0.4, -0.2) is 10.7 Å². The second-order valence-electron chi connectivity index (χ2n) is 2.96. The molecule has 0 aliphatic heterocycles. The third kappa shape index (κ3) is 2.99. The number of nitrogen functional groups attached to an aromatic ring is 1. The standard InChI is InChI=1S/C10H12N2O2S/c11-9-6-3-5-8(4-1-2-7-15)10(9)12(13)14/h1,3-6,15H,2,7,11H2. The van der Waals surface area contributed by atoms with Gasteiger partial charge in [-0.1, -0.05) is 18.2 Å². The van der Waals surface area contributed by atoms with Gasteiger partial charge in [-0.05, 0) is 24.3 Å². The summed E-state index contributed by atoms with van der Waals surface area (Å²) in [5.41, 5.74) is 6.22. The van der Waals surface area contributed by atoms with E-state index in [2.05, 4.69) is 12.6 Å². The molecule has 1 aromatic carbocycles. The van der Waals surface area contributed by atoms with Crippen molar-refractivity contribution in [1.82, 2.24) is 0 Å². The largest absolute Gasteiger partial charge is 0.393 e. The Labute approximate surface area is 93.3 Å². The SMILES string of the molecule is Nc1cccc(C=CCCS)c1[N+](=O)[O-]. The van der Waals surface area contributed by atoms with E-state index in [1.165, 1.54) is 6.07 Å². The van der Waals surface area contributed by atoms with Crippen LogP contribution in [0.2, 0.25) is 0 Å². The molecule has 0 unspecified atom stereocenters. The molecule has 0 spiro atoms. The fourth-order valence-corrected chi connectivity index (χ4v) is 1.36. The summed E-state index contributed by atoms with van der Waals surface area (Å²) < 4.78 is 0. The molecule has 80 valence electrons. The lowest BCUT2D eigenvalue weighted by molar-refractivity contribution is -0.384. The number of nitro groups is 1. The molecule has 0 heterocycles. The van der Waals surface area contributed by atoms with Crippen LogP contribution in [-0.2, 0) is 0 Å². The molecule has 0 amide bonds. The summed E-state index contributed by atoms with van der Waals surface area (Å²) in [6.45, 7) is 0. The molecule has 5 heteroatoms. The van der Waals surface area contributed by atoms with E-state index >= 15 is 0 Å². The van der Waals surface area contributed by atoms with Crippen LogP contribution in [0.15, 0.2) is 24.3 Å². The number of rotatable bonds is 4. The fourth-order valence-electron chi connectivity index (χ4n) is 1.21. The van der Waals surface area contributed by atoms with Crippen molar-refractivity contribution in [3.8, 4) is 0 Å². The molecule has 0 atom stereocenters. The van der Waals surface area contributed by atoms with Crippen LogP contribution in [0.5, 0.6) is 0 Å². The van der Waals surface area contributed by atoms with Gasteiger partial charge in [-0.2, -0.15) is 12.6 Å². The molecule has 1 aromatic rings. The van der Waals surface area contributed by atoms with Crippen LogP contribution in [0.4, 0.5) is 11.4 Å². The first kappa shape index (κ1) is 11.6. The van der Waals surface area contributed by atoms with Crippen molar-refractivity contribution in [3.05, 3.63) is 40.0 Å². The number of anilines is 1. The second kappa shape index (κ2) is 5.41. The summed E-state index contributed by atoms with van der Waals surface area (Å²) in [5.74, 6) is 0.715. The summed E-state index contributed by atoms with van der Waals surface area (Å²) >= 11 is 4.04. The van der Waals surface area contributed by atoms with Crippen molar-refractivity contribution in [2.24, 2.45) is 0 Å². The summed E-state index contributed by atoms with van der Waals surface area (Å²) in [5, 5.41) is 10.8. The molecule has 0 bridgehead atoms. The van der Waals surface area contributed by atoms with Gasteiger partial charge in [0.25, 0.3) is 5.69 Å². The zero-order valence-corrected chi connectivity index (χ0v) is 8.98. The van der Waals surface area contributed by atoms with E-state index in [4.69, 9.17) is 5.73 Å². The molecule has 0 aliphatic rings. The van der Waals surface area contributed by atoms with Gasteiger partial charge in [0.1, 0.15) is 5.69 Å². The van der Waals surface area contributed by atoms with Crippen LogP contribution in [0.3, 0.4) is 0 Å². The number of hydrogen-bond acceptors (Lipinski definition) is 4. The lowest BCUT2D eigenvalue weighted by Crippen LogP contribution is -1.97. The van der Waals surface area contributed by atoms with Crippen LogP contribution in [0, 0.1) is 10.1 Å². The first-order chi connectivity index (χ1) is 7.16. The van der Waals surface area contributed by atoms with E-state index in [0.29, 0.717) is 11.3 Å². The number of nitrogens with zero attached hydrogens (tertiary/aromatic N) is 1. The highest BCUT2D eigenvalue weighted by Gasteiger charge is 2.14. The molecule has 0 saturated carbocycles. The molecular weight excluding hydrogens is 212 g/mol. The topological polar surface area (TPSA) is 69.2 Å². The molecule has 15 heavy (non-hydrogen) atoms. The quantitative estimate of drug-likeness (QED) is 0.357. The molecule has 0 fully saturated rings. The molecule has 0 aromatic heterocycles. The number of allylic oxidation sites excluding steroid dienone is 1. The third-order valence-corrected chi connectivity index (χ3v) is 2.13. The van der Waals surface area contributed by atoms with Crippen LogP contribution in [0.1, 0.15) is 12.0 Å². The molecule has 2 N–H and O–H groups in total. The van der Waals surface area contributed by atoms with Gasteiger partial charge in [-0.15, -0.1) is 0 Å². The first-order valence-corrected chi connectivity index (χ1v) is 5.10. The predicted molar refractivity (Wildman–Crippen MR) is 65.0 cm³/mol. The molecular formula is C10H12N2O2S. The van der Waals surface area contributed by atoms with Crippen LogP contribution in [0.25, 0.3) is 6.08 Å². The van der Waals surface area contributed by atoms with Gasteiger partial charge in [0.2, 0.25) is 0 Å². The number of nitrogens with two attached hydrogens (primary N) is 1. The minimum Gasteiger partial charge on any atom is -0.393 e. The molecule has 0 radical (unpaired) electrons. The minimum atomic E-state index is -0.463. The maximum Gasteiger partial charge on any atom is 0.299 e. The van der Waals surface area contributed by atoms with Gasteiger partial charge in [0.15, 0.2) is 0 Å². The number of benzene rings is 1. The lowest BCUT2D eigenvalue weighted by Gasteiger charge is -2.00. The third-order valence-electron chi connectivity index (χ3n) is 1.87. The number of thiol groups is 1. The number of nitro benzene ring substituents is 1. The highest BCUT2D eigenvalue weighted by Crippen LogP contribution is 2.26. The maximum atomic E-state index is 10.8. The zero-order valence-electron chi connectivity index (χ0n) is 8.09. The Morgan fingerprint density at radius 2 is 2.27 bits per heavy atom. The monoisotopic (exact) mass is 224 g/mol. The molecule has 4 nitrogen and oxygen atoms in total. The Bertz CT molecular complexity index is 391. The maximum absolute atomic E-state index is 10.8. The average molecular weight is 224 g/mol. The van der Waals surface area contributed by atoms with E-state index in [0.717, 1.165) is 6.42 Å².